The first-order valence-electron chi connectivity index (χ1n) is 8.65. The van der Waals surface area contributed by atoms with Crippen LogP contribution in [0.1, 0.15) is 77.6 Å². The highest BCUT2D eigenvalue weighted by Gasteiger charge is 2.35. The lowest BCUT2D eigenvalue weighted by atomic mass is 9.76. The fourth-order valence-electron chi connectivity index (χ4n) is 4.19. The quantitative estimate of drug-likeness (QED) is 0.776. The Kier molecular flexibility index (Phi) is 5.88. The molecule has 2 aliphatic carbocycles. The highest BCUT2D eigenvalue weighted by molar-refractivity contribution is 5.77. The van der Waals surface area contributed by atoms with E-state index in [1.165, 1.54) is 51.4 Å². The summed E-state index contributed by atoms with van der Waals surface area (Å²) >= 11 is 0. The van der Waals surface area contributed by atoms with Crippen LogP contribution in [0.4, 0.5) is 0 Å². The first-order chi connectivity index (χ1) is 9.63. The lowest BCUT2D eigenvalue weighted by Crippen LogP contribution is -2.56. The number of nitrogens with one attached hydrogen (secondary N) is 1. The van der Waals surface area contributed by atoms with Gasteiger partial charge in [-0.2, -0.15) is 0 Å². The van der Waals surface area contributed by atoms with Crippen LogP contribution in [0, 0.1) is 11.8 Å². The van der Waals surface area contributed by atoms with Gasteiger partial charge < -0.3 is 11.1 Å². The Morgan fingerprint density at radius 3 is 2.45 bits per heavy atom. The first kappa shape index (κ1) is 15.8. The highest BCUT2D eigenvalue weighted by Crippen LogP contribution is 2.32. The van der Waals surface area contributed by atoms with Crippen molar-refractivity contribution < 1.29 is 4.79 Å². The van der Waals surface area contributed by atoms with E-state index in [1.807, 2.05) is 0 Å². The summed E-state index contributed by atoms with van der Waals surface area (Å²) in [7, 11) is 0. The Hall–Kier alpha value is -0.570. The Morgan fingerprint density at radius 2 is 1.85 bits per heavy atom. The Bertz CT molecular complexity index is 310. The number of amides is 1. The predicted molar refractivity (Wildman–Crippen MR) is 83.4 cm³/mol. The molecule has 0 radical (unpaired) electrons. The minimum atomic E-state index is -0.112. The summed E-state index contributed by atoms with van der Waals surface area (Å²) < 4.78 is 0. The first-order valence-corrected chi connectivity index (χ1v) is 8.65. The lowest BCUT2D eigenvalue weighted by molar-refractivity contribution is -0.124. The van der Waals surface area contributed by atoms with Gasteiger partial charge in [0.25, 0.3) is 0 Å². The zero-order valence-corrected chi connectivity index (χ0v) is 13.1. The highest BCUT2D eigenvalue weighted by atomic mass is 16.1. The molecule has 3 nitrogen and oxygen atoms in total. The van der Waals surface area contributed by atoms with E-state index in [4.69, 9.17) is 5.73 Å². The summed E-state index contributed by atoms with van der Waals surface area (Å²) in [6, 6.07) is 0. The SMILES string of the molecule is CC1CCCC(CN)(NC(=O)CC2CCCCCC2)C1. The van der Waals surface area contributed by atoms with Crippen LogP contribution >= 0.6 is 0 Å². The molecule has 2 saturated carbocycles. The fourth-order valence-corrected chi connectivity index (χ4v) is 4.19. The Balaban J connectivity index is 1.85. The van der Waals surface area contributed by atoms with Crippen molar-refractivity contribution in [3.8, 4) is 0 Å². The molecule has 0 spiro atoms. The maximum absolute atomic E-state index is 12.4. The van der Waals surface area contributed by atoms with Crippen molar-refractivity contribution in [2.75, 3.05) is 6.54 Å². The zero-order chi connectivity index (χ0) is 14.4. The van der Waals surface area contributed by atoms with Gasteiger partial charge in [-0.05, 0) is 37.5 Å². The molecule has 0 aromatic rings. The van der Waals surface area contributed by atoms with Crippen molar-refractivity contribution in [3.63, 3.8) is 0 Å². The van der Waals surface area contributed by atoms with E-state index in [2.05, 4.69) is 12.2 Å². The molecule has 0 heterocycles. The molecule has 0 aliphatic heterocycles. The molecule has 0 aromatic heterocycles. The van der Waals surface area contributed by atoms with Gasteiger partial charge in [0.05, 0.1) is 5.54 Å². The molecule has 2 rings (SSSR count). The normalized spacial score (nSPS) is 32.6. The van der Waals surface area contributed by atoms with E-state index in [0.717, 1.165) is 19.3 Å². The van der Waals surface area contributed by atoms with E-state index in [1.54, 1.807) is 0 Å². The van der Waals surface area contributed by atoms with Gasteiger partial charge in [-0.25, -0.2) is 0 Å². The molecule has 0 saturated heterocycles. The molecule has 2 atom stereocenters. The van der Waals surface area contributed by atoms with Gasteiger partial charge >= 0.3 is 0 Å². The van der Waals surface area contributed by atoms with Gasteiger partial charge in [0.1, 0.15) is 0 Å². The molecular weight excluding hydrogens is 248 g/mol. The van der Waals surface area contributed by atoms with Gasteiger partial charge in [-0.1, -0.05) is 45.4 Å². The van der Waals surface area contributed by atoms with Crippen LogP contribution in [0.15, 0.2) is 0 Å². The van der Waals surface area contributed by atoms with Crippen molar-refractivity contribution in [1.29, 1.82) is 0 Å². The molecule has 3 heteroatoms. The minimum absolute atomic E-state index is 0.112. The molecular formula is C17H32N2O. The minimum Gasteiger partial charge on any atom is -0.349 e. The maximum Gasteiger partial charge on any atom is 0.220 e. The molecule has 2 fully saturated rings. The average Bonchev–Trinajstić information content (AvgIpc) is 2.67. The molecule has 20 heavy (non-hydrogen) atoms. The van der Waals surface area contributed by atoms with Gasteiger partial charge in [-0.15, -0.1) is 0 Å². The smallest absolute Gasteiger partial charge is 0.220 e. The number of carbonyl (C=O) groups is 1. The fraction of sp³-hybridized carbons (Fsp3) is 0.941. The van der Waals surface area contributed by atoms with E-state index in [9.17, 15) is 4.79 Å². The molecule has 116 valence electrons. The van der Waals surface area contributed by atoms with Crippen LogP contribution in [0.2, 0.25) is 0 Å². The van der Waals surface area contributed by atoms with Crippen molar-refractivity contribution in [1.82, 2.24) is 5.32 Å². The molecule has 2 unspecified atom stereocenters. The average molecular weight is 280 g/mol. The standard InChI is InChI=1S/C17H32N2O/c1-14-7-6-10-17(12-14,13-18)19-16(20)11-15-8-4-2-3-5-9-15/h14-15H,2-13,18H2,1H3,(H,19,20). The Morgan fingerprint density at radius 1 is 1.15 bits per heavy atom. The van der Waals surface area contributed by atoms with Crippen LogP contribution in [0.5, 0.6) is 0 Å². The van der Waals surface area contributed by atoms with Gasteiger partial charge in [0.15, 0.2) is 0 Å². The van der Waals surface area contributed by atoms with Crippen LogP contribution in [-0.4, -0.2) is 18.0 Å². The third-order valence-electron chi connectivity index (χ3n) is 5.34. The second-order valence-electron chi connectivity index (χ2n) is 7.30. The predicted octanol–water partition coefficient (Wildman–Crippen LogP) is 3.37. The largest absolute Gasteiger partial charge is 0.349 e. The van der Waals surface area contributed by atoms with Gasteiger partial charge in [0, 0.05) is 13.0 Å². The third kappa shape index (κ3) is 4.47. The number of hydrogen-bond acceptors (Lipinski definition) is 2. The van der Waals surface area contributed by atoms with Gasteiger partial charge in [0.2, 0.25) is 5.91 Å². The van der Waals surface area contributed by atoms with Crippen LogP contribution < -0.4 is 11.1 Å². The molecule has 0 bridgehead atoms. The number of hydrogen-bond donors (Lipinski definition) is 2. The van der Waals surface area contributed by atoms with Crippen molar-refractivity contribution in [2.45, 2.75) is 83.1 Å². The maximum atomic E-state index is 12.4. The van der Waals surface area contributed by atoms with E-state index >= 15 is 0 Å². The van der Waals surface area contributed by atoms with E-state index < -0.39 is 0 Å². The molecule has 2 aliphatic rings. The summed E-state index contributed by atoms with van der Waals surface area (Å²) in [5, 5.41) is 3.32. The summed E-state index contributed by atoms with van der Waals surface area (Å²) in [5.41, 5.74) is 5.88. The van der Waals surface area contributed by atoms with E-state index in [-0.39, 0.29) is 11.4 Å². The van der Waals surface area contributed by atoms with Gasteiger partial charge in [-0.3, -0.25) is 4.79 Å². The summed E-state index contributed by atoms with van der Waals surface area (Å²) in [4.78, 5) is 12.4. The number of nitrogens with two attached hydrogens (primary N) is 1. The lowest BCUT2D eigenvalue weighted by Gasteiger charge is -2.40. The summed E-state index contributed by atoms with van der Waals surface area (Å²) in [6.45, 7) is 2.87. The number of carbonyl (C=O) groups excluding carboxylic acids is 1. The topological polar surface area (TPSA) is 55.1 Å². The Labute approximate surface area is 124 Å². The number of rotatable bonds is 4. The van der Waals surface area contributed by atoms with Crippen LogP contribution in [0.3, 0.4) is 0 Å². The molecule has 1 amide bonds. The van der Waals surface area contributed by atoms with Crippen LogP contribution in [-0.2, 0) is 4.79 Å². The monoisotopic (exact) mass is 280 g/mol. The van der Waals surface area contributed by atoms with Crippen molar-refractivity contribution in [2.24, 2.45) is 17.6 Å². The summed E-state index contributed by atoms with van der Waals surface area (Å²) in [5.74, 6) is 1.54. The van der Waals surface area contributed by atoms with Crippen molar-refractivity contribution >= 4 is 5.91 Å². The van der Waals surface area contributed by atoms with Crippen molar-refractivity contribution in [3.05, 3.63) is 0 Å². The second-order valence-corrected chi connectivity index (χ2v) is 7.30. The third-order valence-corrected chi connectivity index (χ3v) is 5.34. The zero-order valence-electron chi connectivity index (χ0n) is 13.1. The molecule has 3 N–H and O–H groups in total. The van der Waals surface area contributed by atoms with E-state index in [0.29, 0.717) is 18.4 Å². The van der Waals surface area contributed by atoms with Crippen LogP contribution in [0.25, 0.3) is 0 Å². The molecule has 0 aromatic carbocycles. The second kappa shape index (κ2) is 7.44. The summed E-state index contributed by atoms with van der Waals surface area (Å²) in [6.07, 6.45) is 13.1.